The summed E-state index contributed by atoms with van der Waals surface area (Å²) in [4.78, 5) is 2.36. The second-order valence-corrected chi connectivity index (χ2v) is 4.77. The van der Waals surface area contributed by atoms with E-state index in [1.807, 2.05) is 0 Å². The average Bonchev–Trinajstić information content (AvgIpc) is 2.31. The predicted octanol–water partition coefficient (Wildman–Crippen LogP) is 2.86. The molecule has 1 fully saturated rings. The van der Waals surface area contributed by atoms with Crippen LogP contribution in [-0.2, 0) is 4.74 Å². The number of nitrogens with zero attached hydrogens (tertiary/aromatic N) is 1. The molecule has 1 aromatic rings. The third-order valence-electron chi connectivity index (χ3n) is 3.35. The first-order chi connectivity index (χ1) is 7.75. The zero-order chi connectivity index (χ0) is 11.4. The molecular weight excluding hydrogens is 198 g/mol. The highest BCUT2D eigenvalue weighted by molar-refractivity contribution is 5.46. The van der Waals surface area contributed by atoms with Crippen molar-refractivity contribution in [2.24, 2.45) is 5.92 Å². The molecule has 0 amide bonds. The van der Waals surface area contributed by atoms with E-state index in [9.17, 15) is 0 Å². The molecule has 2 rings (SSSR count). The summed E-state index contributed by atoms with van der Waals surface area (Å²) in [6.07, 6.45) is 2.41. The molecule has 0 atom stereocenters. The topological polar surface area (TPSA) is 12.5 Å². The molecule has 0 radical (unpaired) electrons. The molecule has 0 N–H and O–H groups in total. The van der Waals surface area contributed by atoms with Crippen molar-refractivity contribution in [1.29, 1.82) is 0 Å². The van der Waals surface area contributed by atoms with E-state index in [4.69, 9.17) is 4.74 Å². The van der Waals surface area contributed by atoms with E-state index in [2.05, 4.69) is 43.1 Å². The molecule has 1 heterocycles. The fraction of sp³-hybridized carbons (Fsp3) is 0.571. The van der Waals surface area contributed by atoms with Crippen LogP contribution in [0.5, 0.6) is 0 Å². The Hall–Kier alpha value is -1.02. The summed E-state index contributed by atoms with van der Waals surface area (Å²) in [7, 11) is 2.18. The summed E-state index contributed by atoms with van der Waals surface area (Å²) in [5.41, 5.74) is 2.64. The Kier molecular flexibility index (Phi) is 3.83. The van der Waals surface area contributed by atoms with Gasteiger partial charge in [0.1, 0.15) is 0 Å². The lowest BCUT2D eigenvalue weighted by Gasteiger charge is -2.28. The predicted molar refractivity (Wildman–Crippen MR) is 68.0 cm³/mol. The fourth-order valence-corrected chi connectivity index (χ4v) is 2.22. The van der Waals surface area contributed by atoms with Gasteiger partial charge in [-0.1, -0.05) is 17.7 Å². The quantitative estimate of drug-likeness (QED) is 0.775. The van der Waals surface area contributed by atoms with Crippen LogP contribution >= 0.6 is 0 Å². The van der Waals surface area contributed by atoms with Crippen LogP contribution in [0.3, 0.4) is 0 Å². The van der Waals surface area contributed by atoms with E-state index in [1.165, 1.54) is 24.1 Å². The number of benzene rings is 1. The summed E-state index contributed by atoms with van der Waals surface area (Å²) in [5.74, 6) is 0.792. The highest BCUT2D eigenvalue weighted by Crippen LogP contribution is 2.20. The van der Waals surface area contributed by atoms with Crippen LogP contribution in [0.15, 0.2) is 24.3 Å². The molecule has 1 aliphatic rings. The van der Waals surface area contributed by atoms with Crippen molar-refractivity contribution in [1.82, 2.24) is 0 Å². The van der Waals surface area contributed by atoms with Gasteiger partial charge >= 0.3 is 0 Å². The first-order valence-electron chi connectivity index (χ1n) is 6.11. The molecule has 2 nitrogen and oxygen atoms in total. The van der Waals surface area contributed by atoms with E-state index >= 15 is 0 Å². The highest BCUT2D eigenvalue weighted by atomic mass is 16.5. The van der Waals surface area contributed by atoms with E-state index < -0.39 is 0 Å². The fourth-order valence-electron chi connectivity index (χ4n) is 2.22. The summed E-state index contributed by atoms with van der Waals surface area (Å²) < 4.78 is 5.38. The Labute approximate surface area is 98.2 Å². The molecule has 0 spiro atoms. The first kappa shape index (κ1) is 11.5. The van der Waals surface area contributed by atoms with Crippen molar-refractivity contribution in [3.63, 3.8) is 0 Å². The third kappa shape index (κ3) is 2.99. The average molecular weight is 219 g/mol. The van der Waals surface area contributed by atoms with Crippen LogP contribution in [-0.4, -0.2) is 26.8 Å². The third-order valence-corrected chi connectivity index (χ3v) is 3.35. The number of ether oxygens (including phenoxy) is 1. The zero-order valence-corrected chi connectivity index (χ0v) is 10.3. The molecule has 88 valence electrons. The van der Waals surface area contributed by atoms with E-state index in [0.29, 0.717) is 0 Å². The van der Waals surface area contributed by atoms with Gasteiger partial charge in [0.2, 0.25) is 0 Å². The maximum Gasteiger partial charge on any atom is 0.0469 e. The van der Waals surface area contributed by atoms with Gasteiger partial charge in [0.15, 0.2) is 0 Å². The SMILES string of the molecule is Cc1ccc(N(C)CC2CCOCC2)cc1. The van der Waals surface area contributed by atoms with Crippen molar-refractivity contribution in [2.75, 3.05) is 31.7 Å². The summed E-state index contributed by atoms with van der Waals surface area (Å²) >= 11 is 0. The molecule has 0 aromatic heterocycles. The molecule has 1 aliphatic heterocycles. The maximum atomic E-state index is 5.38. The molecule has 0 aliphatic carbocycles. The number of rotatable bonds is 3. The lowest BCUT2D eigenvalue weighted by atomic mass is 9.99. The van der Waals surface area contributed by atoms with Crippen molar-refractivity contribution in [3.05, 3.63) is 29.8 Å². The number of hydrogen-bond acceptors (Lipinski definition) is 2. The zero-order valence-electron chi connectivity index (χ0n) is 10.3. The van der Waals surface area contributed by atoms with Gasteiger partial charge in [0.05, 0.1) is 0 Å². The van der Waals surface area contributed by atoms with Gasteiger partial charge in [0, 0.05) is 32.5 Å². The molecular formula is C14H21NO. The second kappa shape index (κ2) is 5.35. The minimum absolute atomic E-state index is 0.792. The lowest BCUT2D eigenvalue weighted by molar-refractivity contribution is 0.0685. The van der Waals surface area contributed by atoms with Gasteiger partial charge in [-0.25, -0.2) is 0 Å². The number of hydrogen-bond donors (Lipinski definition) is 0. The largest absolute Gasteiger partial charge is 0.381 e. The van der Waals surface area contributed by atoms with Crippen LogP contribution in [0.2, 0.25) is 0 Å². The Morgan fingerprint density at radius 1 is 1.19 bits per heavy atom. The van der Waals surface area contributed by atoms with E-state index in [1.54, 1.807) is 0 Å². The van der Waals surface area contributed by atoms with Gasteiger partial charge in [-0.15, -0.1) is 0 Å². The summed E-state index contributed by atoms with van der Waals surface area (Å²) in [5, 5.41) is 0. The normalized spacial score (nSPS) is 17.4. The first-order valence-corrected chi connectivity index (χ1v) is 6.11. The number of aryl methyl sites for hydroxylation is 1. The Morgan fingerprint density at radius 3 is 2.44 bits per heavy atom. The van der Waals surface area contributed by atoms with Gasteiger partial charge < -0.3 is 9.64 Å². The Morgan fingerprint density at radius 2 is 1.81 bits per heavy atom. The van der Waals surface area contributed by atoms with Gasteiger partial charge in [-0.05, 0) is 37.8 Å². The van der Waals surface area contributed by atoms with E-state index in [0.717, 1.165) is 25.7 Å². The highest BCUT2D eigenvalue weighted by Gasteiger charge is 2.15. The lowest BCUT2D eigenvalue weighted by Crippen LogP contribution is -2.29. The van der Waals surface area contributed by atoms with Crippen molar-refractivity contribution in [3.8, 4) is 0 Å². The maximum absolute atomic E-state index is 5.38. The Balaban J connectivity index is 1.91. The smallest absolute Gasteiger partial charge is 0.0469 e. The van der Waals surface area contributed by atoms with Crippen LogP contribution in [0.4, 0.5) is 5.69 Å². The molecule has 2 heteroatoms. The van der Waals surface area contributed by atoms with Gasteiger partial charge in [-0.2, -0.15) is 0 Å². The van der Waals surface area contributed by atoms with Crippen LogP contribution in [0, 0.1) is 12.8 Å². The van der Waals surface area contributed by atoms with Gasteiger partial charge in [0.25, 0.3) is 0 Å². The number of anilines is 1. The minimum atomic E-state index is 0.792. The van der Waals surface area contributed by atoms with Crippen LogP contribution < -0.4 is 4.90 Å². The molecule has 1 aromatic carbocycles. The summed E-state index contributed by atoms with van der Waals surface area (Å²) in [6, 6.07) is 8.76. The Bertz CT molecular complexity index is 314. The van der Waals surface area contributed by atoms with Gasteiger partial charge in [-0.3, -0.25) is 0 Å². The molecule has 0 unspecified atom stereocenters. The molecule has 16 heavy (non-hydrogen) atoms. The molecule has 1 saturated heterocycles. The van der Waals surface area contributed by atoms with Crippen LogP contribution in [0.1, 0.15) is 18.4 Å². The van der Waals surface area contributed by atoms with Crippen molar-refractivity contribution < 1.29 is 4.74 Å². The standard InChI is InChI=1S/C14H21NO/c1-12-3-5-14(6-4-12)15(2)11-13-7-9-16-10-8-13/h3-6,13H,7-11H2,1-2H3. The molecule has 0 bridgehead atoms. The summed E-state index contributed by atoms with van der Waals surface area (Å²) in [6.45, 7) is 5.15. The van der Waals surface area contributed by atoms with Crippen molar-refractivity contribution >= 4 is 5.69 Å². The monoisotopic (exact) mass is 219 g/mol. The van der Waals surface area contributed by atoms with E-state index in [-0.39, 0.29) is 0 Å². The van der Waals surface area contributed by atoms with Crippen molar-refractivity contribution in [2.45, 2.75) is 19.8 Å². The van der Waals surface area contributed by atoms with Crippen LogP contribution in [0.25, 0.3) is 0 Å². The second-order valence-electron chi connectivity index (χ2n) is 4.77. The minimum Gasteiger partial charge on any atom is -0.381 e. The molecule has 0 saturated carbocycles.